The van der Waals surface area contributed by atoms with Crippen LogP contribution >= 0.6 is 23.6 Å². The molecule has 0 aliphatic heterocycles. The van der Waals surface area contributed by atoms with E-state index in [1.807, 2.05) is 30.3 Å². The molecule has 0 atom stereocenters. The minimum Gasteiger partial charge on any atom is -0.375 e. The van der Waals surface area contributed by atoms with Crippen LogP contribution in [0.1, 0.15) is 10.4 Å². The van der Waals surface area contributed by atoms with Crippen molar-refractivity contribution in [2.24, 2.45) is 0 Å². The quantitative estimate of drug-likeness (QED) is 0.624. The van der Waals surface area contributed by atoms with Gasteiger partial charge in [0.1, 0.15) is 0 Å². The molecule has 0 aliphatic rings. The lowest BCUT2D eigenvalue weighted by Gasteiger charge is -1.98. The number of thiocarbonyl (C=S) groups is 1. The van der Waals surface area contributed by atoms with E-state index in [0.29, 0.717) is 5.13 Å². The summed E-state index contributed by atoms with van der Waals surface area (Å²) in [6, 6.07) is 9.86. The molecule has 2 rings (SSSR count). The van der Waals surface area contributed by atoms with Gasteiger partial charge < -0.3 is 5.73 Å². The van der Waals surface area contributed by atoms with E-state index in [1.54, 1.807) is 6.20 Å². The summed E-state index contributed by atoms with van der Waals surface area (Å²) < 4.78 is 0. The Morgan fingerprint density at radius 3 is 2.57 bits per heavy atom. The van der Waals surface area contributed by atoms with Crippen molar-refractivity contribution in [3.63, 3.8) is 0 Å². The lowest BCUT2D eigenvalue weighted by molar-refractivity contribution is 1.42. The van der Waals surface area contributed by atoms with Crippen molar-refractivity contribution >= 4 is 33.6 Å². The maximum atomic E-state index is 5.54. The highest BCUT2D eigenvalue weighted by atomic mass is 32.1. The van der Waals surface area contributed by atoms with E-state index < -0.39 is 0 Å². The topological polar surface area (TPSA) is 38.9 Å². The summed E-state index contributed by atoms with van der Waals surface area (Å²) in [7, 11) is 0. The van der Waals surface area contributed by atoms with Crippen LogP contribution in [0.2, 0.25) is 0 Å². The maximum absolute atomic E-state index is 5.54. The van der Waals surface area contributed by atoms with Crippen molar-refractivity contribution < 1.29 is 0 Å². The van der Waals surface area contributed by atoms with Gasteiger partial charge in [-0.15, -0.1) is 0 Å². The van der Waals surface area contributed by atoms with E-state index >= 15 is 0 Å². The van der Waals surface area contributed by atoms with Crippen molar-refractivity contribution in [1.82, 2.24) is 4.98 Å². The molecule has 0 spiro atoms. The molecule has 1 heterocycles. The molecule has 0 amide bonds. The second-order valence-corrected chi connectivity index (χ2v) is 4.23. The smallest absolute Gasteiger partial charge is 0.180 e. The molecular weight excluding hydrogens is 212 g/mol. The number of benzene rings is 1. The van der Waals surface area contributed by atoms with Crippen LogP contribution in [0.25, 0.3) is 0 Å². The number of anilines is 1. The summed E-state index contributed by atoms with van der Waals surface area (Å²) in [5.74, 6) is 0. The van der Waals surface area contributed by atoms with Gasteiger partial charge in [0.2, 0.25) is 0 Å². The second-order valence-electron chi connectivity index (χ2n) is 2.76. The number of nitrogens with two attached hydrogens (primary N) is 1. The number of nitrogen functional groups attached to an aromatic ring is 1. The van der Waals surface area contributed by atoms with E-state index in [-0.39, 0.29) is 0 Å². The van der Waals surface area contributed by atoms with Crippen molar-refractivity contribution in [3.05, 3.63) is 47.0 Å². The zero-order chi connectivity index (χ0) is 9.97. The van der Waals surface area contributed by atoms with Crippen LogP contribution in [-0.4, -0.2) is 9.85 Å². The van der Waals surface area contributed by atoms with E-state index in [4.69, 9.17) is 18.0 Å². The van der Waals surface area contributed by atoms with Crippen molar-refractivity contribution in [2.45, 2.75) is 0 Å². The molecule has 2 aromatic rings. The average Bonchev–Trinajstić information content (AvgIpc) is 2.65. The summed E-state index contributed by atoms with van der Waals surface area (Å²) in [4.78, 5) is 5.73. The molecule has 2 nitrogen and oxygen atoms in total. The monoisotopic (exact) mass is 220 g/mol. The first-order valence-corrected chi connectivity index (χ1v) is 5.31. The Balaban J connectivity index is 2.34. The van der Waals surface area contributed by atoms with Crippen LogP contribution in [0.4, 0.5) is 5.13 Å². The summed E-state index contributed by atoms with van der Waals surface area (Å²) in [5.41, 5.74) is 6.58. The third-order valence-electron chi connectivity index (χ3n) is 1.78. The highest BCUT2D eigenvalue weighted by molar-refractivity contribution is 7.81. The van der Waals surface area contributed by atoms with Gasteiger partial charge in [0.25, 0.3) is 0 Å². The van der Waals surface area contributed by atoms with Crippen LogP contribution in [0.5, 0.6) is 0 Å². The van der Waals surface area contributed by atoms with Crippen LogP contribution < -0.4 is 5.73 Å². The van der Waals surface area contributed by atoms with Gasteiger partial charge in [-0.25, -0.2) is 4.98 Å². The van der Waals surface area contributed by atoms with Crippen molar-refractivity contribution in [1.29, 1.82) is 0 Å². The van der Waals surface area contributed by atoms with Gasteiger partial charge in [-0.1, -0.05) is 53.9 Å². The number of hydrogen-bond donors (Lipinski definition) is 1. The maximum Gasteiger partial charge on any atom is 0.180 e. The Bertz CT molecular complexity index is 448. The second kappa shape index (κ2) is 3.86. The lowest BCUT2D eigenvalue weighted by atomic mass is 10.1. The van der Waals surface area contributed by atoms with Gasteiger partial charge in [-0.2, -0.15) is 0 Å². The fraction of sp³-hybridized carbons (Fsp3) is 0. The van der Waals surface area contributed by atoms with Crippen LogP contribution in [-0.2, 0) is 0 Å². The number of aromatic nitrogens is 1. The Morgan fingerprint density at radius 1 is 1.29 bits per heavy atom. The van der Waals surface area contributed by atoms with Crippen molar-refractivity contribution in [3.8, 4) is 0 Å². The molecule has 70 valence electrons. The Morgan fingerprint density at radius 2 is 2.00 bits per heavy atom. The van der Waals surface area contributed by atoms with Crippen LogP contribution in [0, 0.1) is 0 Å². The van der Waals surface area contributed by atoms with Crippen molar-refractivity contribution in [2.75, 3.05) is 5.73 Å². The standard InChI is InChI=1S/C10H8N2S2/c11-10-12-6-8(14-10)9(13)7-4-2-1-3-5-7/h1-6H,(H2,11,12). The molecule has 14 heavy (non-hydrogen) atoms. The first kappa shape index (κ1) is 9.30. The van der Waals surface area contributed by atoms with Gasteiger partial charge in [0.15, 0.2) is 5.13 Å². The van der Waals surface area contributed by atoms with Gasteiger partial charge in [0.05, 0.1) is 9.74 Å². The zero-order valence-corrected chi connectivity index (χ0v) is 8.94. The Hall–Kier alpha value is -1.26. The van der Waals surface area contributed by atoms with Crippen LogP contribution in [0.3, 0.4) is 0 Å². The summed E-state index contributed by atoms with van der Waals surface area (Å²) in [5, 5.41) is 0.554. The van der Waals surface area contributed by atoms with E-state index in [0.717, 1.165) is 15.3 Å². The molecule has 0 fully saturated rings. The Kier molecular flexibility index (Phi) is 2.56. The number of thiazole rings is 1. The minimum atomic E-state index is 0.554. The van der Waals surface area contributed by atoms with Gasteiger partial charge in [0, 0.05) is 6.20 Å². The first-order chi connectivity index (χ1) is 6.77. The fourth-order valence-electron chi connectivity index (χ4n) is 1.12. The third-order valence-corrected chi connectivity index (χ3v) is 3.21. The molecule has 0 radical (unpaired) electrons. The van der Waals surface area contributed by atoms with Gasteiger partial charge in [-0.05, 0) is 5.56 Å². The summed E-state index contributed by atoms with van der Waals surface area (Å²) in [6.45, 7) is 0. The molecule has 0 aliphatic carbocycles. The molecule has 0 saturated carbocycles. The number of hydrogen-bond acceptors (Lipinski definition) is 4. The van der Waals surface area contributed by atoms with Gasteiger partial charge >= 0.3 is 0 Å². The molecule has 2 N–H and O–H groups in total. The SMILES string of the molecule is Nc1ncc(C(=S)c2ccccc2)s1. The average molecular weight is 220 g/mol. The van der Waals surface area contributed by atoms with E-state index in [9.17, 15) is 0 Å². The van der Waals surface area contributed by atoms with Gasteiger partial charge in [-0.3, -0.25) is 0 Å². The molecular formula is C10H8N2S2. The largest absolute Gasteiger partial charge is 0.375 e. The molecule has 1 aromatic carbocycles. The minimum absolute atomic E-state index is 0.554. The highest BCUT2D eigenvalue weighted by Gasteiger charge is 2.06. The molecule has 4 heteroatoms. The molecule has 1 aromatic heterocycles. The number of rotatable bonds is 2. The number of nitrogens with zero attached hydrogens (tertiary/aromatic N) is 1. The third kappa shape index (κ3) is 1.81. The Labute approximate surface area is 91.4 Å². The molecule has 0 unspecified atom stereocenters. The molecule has 0 bridgehead atoms. The van der Waals surface area contributed by atoms with E-state index in [2.05, 4.69) is 4.98 Å². The van der Waals surface area contributed by atoms with Crippen LogP contribution in [0.15, 0.2) is 36.5 Å². The summed E-state index contributed by atoms with van der Waals surface area (Å²) in [6.07, 6.45) is 1.72. The summed E-state index contributed by atoms with van der Waals surface area (Å²) >= 11 is 6.73. The first-order valence-electron chi connectivity index (χ1n) is 4.08. The normalized spacial score (nSPS) is 10.0. The molecule has 0 saturated heterocycles. The lowest BCUT2D eigenvalue weighted by Crippen LogP contribution is -1.95. The highest BCUT2D eigenvalue weighted by Crippen LogP contribution is 2.19. The predicted molar refractivity (Wildman–Crippen MR) is 63.8 cm³/mol. The van der Waals surface area contributed by atoms with E-state index in [1.165, 1.54) is 11.3 Å². The zero-order valence-electron chi connectivity index (χ0n) is 7.31. The predicted octanol–water partition coefficient (Wildman–Crippen LogP) is 2.49. The fourth-order valence-corrected chi connectivity index (χ4v) is 2.08.